The van der Waals surface area contributed by atoms with E-state index in [1.165, 1.54) is 0 Å². The van der Waals surface area contributed by atoms with Crippen LogP contribution in [-0.2, 0) is 0 Å². The van der Waals surface area contributed by atoms with Gasteiger partial charge < -0.3 is 0 Å². The third kappa shape index (κ3) is 0.784. The molecule has 0 saturated carbocycles. The number of aromatic nitrogens is 2. The van der Waals surface area contributed by atoms with Crippen LogP contribution in [0.15, 0.2) is 23.3 Å². The zero-order valence-corrected chi connectivity index (χ0v) is 6.33. The first-order valence-electron chi connectivity index (χ1n) is 2.62. The molecule has 2 aromatic heterocycles. The van der Waals surface area contributed by atoms with Gasteiger partial charge in [-0.3, -0.25) is 0 Å². The summed E-state index contributed by atoms with van der Waals surface area (Å²) in [6.07, 6.45) is 1.80. The molecule has 0 atom stereocenters. The molecule has 0 aliphatic rings. The van der Waals surface area contributed by atoms with Crippen LogP contribution in [0, 0.1) is 0 Å². The van der Waals surface area contributed by atoms with E-state index < -0.39 is 0 Å². The Bertz CT molecular complexity index is 285. The van der Waals surface area contributed by atoms with Gasteiger partial charge in [0.15, 0.2) is 0 Å². The molecule has 3 heteroatoms. The Labute approximate surface area is 58.5 Å². The van der Waals surface area contributed by atoms with Crippen molar-refractivity contribution in [2.45, 2.75) is 0 Å². The summed E-state index contributed by atoms with van der Waals surface area (Å²) in [6, 6.07) is 3.91. The number of nitrogens with zero attached hydrogens (tertiary/aromatic N) is 2. The summed E-state index contributed by atoms with van der Waals surface area (Å²) in [5, 5.41) is 0. The predicted molar refractivity (Wildman–Crippen MR) is 36.5 cm³/mol. The Balaban J connectivity index is 2.95. The molecule has 2 heterocycles. The summed E-state index contributed by atoms with van der Waals surface area (Å²) in [4.78, 5) is 6.21. The van der Waals surface area contributed by atoms with Crippen LogP contribution in [0.4, 0.5) is 0 Å². The van der Waals surface area contributed by atoms with Crippen LogP contribution in [0.25, 0.3) is 11.0 Å². The standard InChI is InChI=1S/C6H4N2Se/c1-2-5-6(7-3-1)4-9-8-5/h1-4H. The van der Waals surface area contributed by atoms with Crippen LogP contribution in [0.5, 0.6) is 0 Å². The third-order valence-corrected chi connectivity index (χ3v) is 2.46. The molecule has 0 bridgehead atoms. The van der Waals surface area contributed by atoms with Crippen LogP contribution in [0.3, 0.4) is 0 Å². The fourth-order valence-electron chi connectivity index (χ4n) is 0.710. The molecule has 2 aromatic rings. The first-order valence-corrected chi connectivity index (χ1v) is 4.37. The van der Waals surface area contributed by atoms with Crippen molar-refractivity contribution in [2.24, 2.45) is 0 Å². The summed E-state index contributed by atoms with van der Waals surface area (Å²) in [5.41, 5.74) is 2.11. The Hall–Kier alpha value is -0.661. The topological polar surface area (TPSA) is 25.8 Å². The minimum atomic E-state index is 0.316. The van der Waals surface area contributed by atoms with Crippen LogP contribution in [-0.4, -0.2) is 23.7 Å². The fraction of sp³-hybridized carbons (Fsp3) is 0. The maximum absolute atomic E-state index is 4.24. The van der Waals surface area contributed by atoms with E-state index in [-0.39, 0.29) is 0 Å². The van der Waals surface area contributed by atoms with E-state index in [2.05, 4.69) is 13.9 Å². The first kappa shape index (κ1) is 5.15. The monoisotopic (exact) mass is 184 g/mol. The van der Waals surface area contributed by atoms with Crippen molar-refractivity contribution >= 4 is 25.8 Å². The summed E-state index contributed by atoms with van der Waals surface area (Å²) >= 11 is 0.316. The van der Waals surface area contributed by atoms with Crippen LogP contribution >= 0.6 is 0 Å². The molecular formula is C6H4N2Se. The molecule has 0 unspecified atom stereocenters. The quantitative estimate of drug-likeness (QED) is 0.561. The second-order valence-corrected chi connectivity index (χ2v) is 3.04. The molecule has 0 aliphatic carbocycles. The van der Waals surface area contributed by atoms with Gasteiger partial charge in [-0.1, -0.05) is 0 Å². The SMILES string of the molecule is c1cnc2c[se]nc2c1. The van der Waals surface area contributed by atoms with E-state index in [1.807, 2.05) is 12.1 Å². The van der Waals surface area contributed by atoms with Gasteiger partial charge in [0.2, 0.25) is 0 Å². The first-order chi connectivity index (χ1) is 4.47. The van der Waals surface area contributed by atoms with Crippen LogP contribution < -0.4 is 0 Å². The molecule has 0 aliphatic heterocycles. The fourth-order valence-corrected chi connectivity index (χ4v) is 1.97. The minimum absolute atomic E-state index is 0.316. The molecule has 0 amide bonds. The van der Waals surface area contributed by atoms with Gasteiger partial charge in [-0.05, 0) is 0 Å². The zero-order valence-electron chi connectivity index (χ0n) is 4.61. The molecule has 44 valence electrons. The number of pyridine rings is 1. The van der Waals surface area contributed by atoms with Crippen molar-refractivity contribution in [3.8, 4) is 0 Å². The van der Waals surface area contributed by atoms with Crippen molar-refractivity contribution < 1.29 is 0 Å². The number of hydrogen-bond donors (Lipinski definition) is 0. The number of rotatable bonds is 0. The Morgan fingerprint density at radius 2 is 2.33 bits per heavy atom. The van der Waals surface area contributed by atoms with Gasteiger partial charge in [-0.2, -0.15) is 0 Å². The second-order valence-electron chi connectivity index (χ2n) is 1.72. The molecule has 0 aromatic carbocycles. The van der Waals surface area contributed by atoms with Gasteiger partial charge in [-0.15, -0.1) is 0 Å². The Morgan fingerprint density at radius 3 is 3.22 bits per heavy atom. The summed E-state index contributed by atoms with van der Waals surface area (Å²) in [6.45, 7) is 0. The van der Waals surface area contributed by atoms with Gasteiger partial charge in [0, 0.05) is 0 Å². The third-order valence-electron chi connectivity index (χ3n) is 1.13. The summed E-state index contributed by atoms with van der Waals surface area (Å²) in [7, 11) is 0. The number of fused-ring (bicyclic) bond motifs is 1. The molecule has 0 N–H and O–H groups in total. The number of hydrogen-bond acceptors (Lipinski definition) is 2. The summed E-state index contributed by atoms with van der Waals surface area (Å²) in [5.74, 6) is 0. The van der Waals surface area contributed by atoms with Crippen LogP contribution in [0.1, 0.15) is 0 Å². The molecule has 0 fully saturated rings. The van der Waals surface area contributed by atoms with Gasteiger partial charge in [-0.25, -0.2) is 0 Å². The zero-order chi connectivity index (χ0) is 6.10. The van der Waals surface area contributed by atoms with E-state index in [1.54, 1.807) is 6.20 Å². The van der Waals surface area contributed by atoms with Crippen molar-refractivity contribution in [1.82, 2.24) is 8.96 Å². The van der Waals surface area contributed by atoms with Crippen molar-refractivity contribution in [3.05, 3.63) is 23.3 Å². The predicted octanol–water partition coefficient (Wildman–Crippen LogP) is 0.687. The van der Waals surface area contributed by atoms with Crippen molar-refractivity contribution in [2.75, 3.05) is 0 Å². The van der Waals surface area contributed by atoms with E-state index in [4.69, 9.17) is 0 Å². The molecule has 9 heavy (non-hydrogen) atoms. The van der Waals surface area contributed by atoms with E-state index in [9.17, 15) is 0 Å². The van der Waals surface area contributed by atoms with Gasteiger partial charge in [0.25, 0.3) is 0 Å². The molecule has 0 saturated heterocycles. The molecule has 0 radical (unpaired) electrons. The van der Waals surface area contributed by atoms with Crippen LogP contribution in [0.2, 0.25) is 0 Å². The Morgan fingerprint density at radius 1 is 1.33 bits per heavy atom. The van der Waals surface area contributed by atoms with E-state index >= 15 is 0 Å². The normalized spacial score (nSPS) is 10.2. The van der Waals surface area contributed by atoms with Gasteiger partial charge >= 0.3 is 58.0 Å². The average Bonchev–Trinajstić information content (AvgIpc) is 2.33. The molecule has 0 spiro atoms. The second kappa shape index (κ2) is 1.94. The van der Waals surface area contributed by atoms with E-state index in [0.717, 1.165) is 11.0 Å². The van der Waals surface area contributed by atoms with E-state index in [0.29, 0.717) is 14.7 Å². The van der Waals surface area contributed by atoms with Crippen molar-refractivity contribution in [1.29, 1.82) is 0 Å². The van der Waals surface area contributed by atoms with Gasteiger partial charge in [0.1, 0.15) is 0 Å². The molecule has 2 rings (SSSR count). The maximum atomic E-state index is 4.24. The molecule has 2 nitrogen and oxygen atoms in total. The van der Waals surface area contributed by atoms with Crippen molar-refractivity contribution in [3.63, 3.8) is 0 Å². The molecular weight excluding hydrogens is 179 g/mol. The Kier molecular flexibility index (Phi) is 1.11. The average molecular weight is 183 g/mol. The summed E-state index contributed by atoms with van der Waals surface area (Å²) < 4.78 is 4.24. The van der Waals surface area contributed by atoms with Gasteiger partial charge in [0.05, 0.1) is 0 Å².